The van der Waals surface area contributed by atoms with Crippen LogP contribution in [0.25, 0.3) is 0 Å². The lowest BCUT2D eigenvalue weighted by Gasteiger charge is -2.06. The highest BCUT2D eigenvalue weighted by Crippen LogP contribution is 2.15. The molecule has 0 aliphatic rings. The summed E-state index contributed by atoms with van der Waals surface area (Å²) in [5, 5.41) is 10.0. The minimum absolute atomic E-state index is 0.326. The van der Waals surface area contributed by atoms with Crippen molar-refractivity contribution in [3.8, 4) is 0 Å². The summed E-state index contributed by atoms with van der Waals surface area (Å²) in [5.74, 6) is 0.393. The summed E-state index contributed by atoms with van der Waals surface area (Å²) in [7, 11) is 0. The Balaban J connectivity index is 1.46. The van der Waals surface area contributed by atoms with Crippen LogP contribution >= 0.6 is 15.9 Å². The summed E-state index contributed by atoms with van der Waals surface area (Å²) in [5.41, 5.74) is 2.03. The van der Waals surface area contributed by atoms with Crippen molar-refractivity contribution in [3.63, 3.8) is 0 Å². The monoisotopic (exact) mass is 414 g/mol. The Bertz CT molecular complexity index is 899. The number of halogens is 1. The van der Waals surface area contributed by atoms with Crippen LogP contribution in [-0.2, 0) is 12.8 Å². The van der Waals surface area contributed by atoms with Gasteiger partial charge in [-0.2, -0.15) is 10.1 Å². The number of unbranched alkanes of at least 4 members (excludes halogenated alkanes) is 1. The van der Waals surface area contributed by atoms with E-state index >= 15 is 0 Å². The Labute approximate surface area is 159 Å². The fourth-order valence-corrected chi connectivity index (χ4v) is 2.93. The standard InChI is InChI=1S/C18H19BrN6O/c19-14-6-4-10-21-15(14)7-1-2-9-22-18-23-17(26)16(24-25-18)11-13-5-3-8-20-12-13/h3-6,8,10,12H,1-2,7,9,11H2,(H2,22,23,25,26). The van der Waals surface area contributed by atoms with E-state index in [0.29, 0.717) is 24.6 Å². The van der Waals surface area contributed by atoms with E-state index < -0.39 is 0 Å². The van der Waals surface area contributed by atoms with Crippen molar-refractivity contribution in [1.29, 1.82) is 0 Å². The number of nitrogens with one attached hydrogen (secondary N) is 2. The molecule has 0 bridgehead atoms. The predicted octanol–water partition coefficient (Wildman–Crippen LogP) is 2.74. The second-order valence-electron chi connectivity index (χ2n) is 5.79. The first-order valence-corrected chi connectivity index (χ1v) is 9.19. The van der Waals surface area contributed by atoms with Gasteiger partial charge >= 0.3 is 0 Å². The summed E-state index contributed by atoms with van der Waals surface area (Å²) in [6, 6.07) is 7.63. The number of aromatic nitrogens is 5. The van der Waals surface area contributed by atoms with E-state index in [9.17, 15) is 4.79 Å². The van der Waals surface area contributed by atoms with E-state index in [1.807, 2.05) is 24.3 Å². The van der Waals surface area contributed by atoms with Gasteiger partial charge in [-0.3, -0.25) is 14.8 Å². The molecular weight excluding hydrogens is 396 g/mol. The van der Waals surface area contributed by atoms with Gasteiger partial charge in [0.15, 0.2) is 0 Å². The minimum Gasteiger partial charge on any atom is -0.355 e. The fourth-order valence-electron chi connectivity index (χ4n) is 2.48. The SMILES string of the molecule is O=c1nc(NCCCCc2ncccc2Br)[nH]nc1Cc1cccnc1. The van der Waals surface area contributed by atoms with Gasteiger partial charge in [-0.1, -0.05) is 6.07 Å². The largest absolute Gasteiger partial charge is 0.355 e. The fraction of sp³-hybridized carbons (Fsp3) is 0.278. The highest BCUT2D eigenvalue weighted by Gasteiger charge is 2.06. The van der Waals surface area contributed by atoms with Crippen molar-refractivity contribution < 1.29 is 0 Å². The summed E-state index contributed by atoms with van der Waals surface area (Å²) >= 11 is 3.50. The first-order chi connectivity index (χ1) is 12.7. The molecule has 0 unspecified atom stereocenters. The number of anilines is 1. The molecule has 0 atom stereocenters. The van der Waals surface area contributed by atoms with E-state index in [4.69, 9.17) is 0 Å². The third kappa shape index (κ3) is 5.19. The number of aromatic amines is 1. The molecule has 0 fully saturated rings. The van der Waals surface area contributed by atoms with Gasteiger partial charge in [0.05, 0.1) is 5.69 Å². The molecule has 8 heteroatoms. The summed E-state index contributed by atoms with van der Waals surface area (Å²) in [4.78, 5) is 24.5. The van der Waals surface area contributed by atoms with Gasteiger partial charge in [0.25, 0.3) is 5.56 Å². The lowest BCUT2D eigenvalue weighted by molar-refractivity contribution is 0.738. The Morgan fingerprint density at radius 1 is 1.12 bits per heavy atom. The van der Waals surface area contributed by atoms with E-state index in [2.05, 4.69) is 46.4 Å². The molecule has 0 aliphatic heterocycles. The van der Waals surface area contributed by atoms with Crippen LogP contribution in [-0.4, -0.2) is 31.7 Å². The number of hydrogen-bond acceptors (Lipinski definition) is 6. The van der Waals surface area contributed by atoms with Gasteiger partial charge in [0, 0.05) is 36.0 Å². The van der Waals surface area contributed by atoms with Crippen LogP contribution in [0.1, 0.15) is 29.8 Å². The van der Waals surface area contributed by atoms with Crippen molar-refractivity contribution in [2.75, 3.05) is 11.9 Å². The molecule has 3 aromatic heterocycles. The lowest BCUT2D eigenvalue weighted by atomic mass is 10.2. The molecule has 3 heterocycles. The Kier molecular flexibility index (Phi) is 6.43. The van der Waals surface area contributed by atoms with Gasteiger partial charge < -0.3 is 5.32 Å². The molecule has 0 saturated carbocycles. The van der Waals surface area contributed by atoms with Crippen LogP contribution in [0, 0.1) is 0 Å². The van der Waals surface area contributed by atoms with E-state index in [-0.39, 0.29) is 5.56 Å². The molecule has 0 aromatic carbocycles. The minimum atomic E-state index is -0.326. The highest BCUT2D eigenvalue weighted by atomic mass is 79.9. The second-order valence-corrected chi connectivity index (χ2v) is 6.64. The van der Waals surface area contributed by atoms with Crippen LogP contribution < -0.4 is 10.9 Å². The van der Waals surface area contributed by atoms with Gasteiger partial charge in [-0.25, -0.2) is 5.10 Å². The number of rotatable bonds is 8. The molecule has 7 nitrogen and oxygen atoms in total. The molecule has 26 heavy (non-hydrogen) atoms. The quantitative estimate of drug-likeness (QED) is 0.550. The zero-order valence-electron chi connectivity index (χ0n) is 14.2. The Hall–Kier alpha value is -2.61. The van der Waals surface area contributed by atoms with E-state index in [0.717, 1.165) is 35.0 Å². The number of pyridine rings is 2. The predicted molar refractivity (Wildman–Crippen MR) is 103 cm³/mol. The summed E-state index contributed by atoms with van der Waals surface area (Å²) in [6.45, 7) is 0.705. The molecule has 0 radical (unpaired) electrons. The number of aryl methyl sites for hydroxylation is 1. The molecule has 0 spiro atoms. The maximum absolute atomic E-state index is 12.1. The van der Waals surface area contributed by atoms with E-state index in [1.54, 1.807) is 18.6 Å². The third-order valence-corrected chi connectivity index (χ3v) is 4.54. The average Bonchev–Trinajstić information content (AvgIpc) is 2.66. The van der Waals surface area contributed by atoms with Crippen LogP contribution in [0.5, 0.6) is 0 Å². The topological polar surface area (TPSA) is 96.5 Å². The molecule has 0 aliphatic carbocycles. The second kappa shape index (κ2) is 9.19. The van der Waals surface area contributed by atoms with Gasteiger partial charge in [0.2, 0.25) is 5.95 Å². The maximum Gasteiger partial charge on any atom is 0.296 e. The first-order valence-electron chi connectivity index (χ1n) is 8.40. The van der Waals surface area contributed by atoms with Crippen LogP contribution in [0.15, 0.2) is 52.1 Å². The average molecular weight is 415 g/mol. The normalized spacial score (nSPS) is 10.7. The maximum atomic E-state index is 12.1. The molecule has 0 amide bonds. The zero-order chi connectivity index (χ0) is 18.2. The van der Waals surface area contributed by atoms with Gasteiger partial charge in [0.1, 0.15) is 5.69 Å². The first kappa shape index (κ1) is 18.2. The molecule has 3 rings (SSSR count). The molecule has 134 valence electrons. The molecule has 0 saturated heterocycles. The Morgan fingerprint density at radius 3 is 2.77 bits per heavy atom. The van der Waals surface area contributed by atoms with Crippen LogP contribution in [0.4, 0.5) is 5.95 Å². The van der Waals surface area contributed by atoms with E-state index in [1.165, 1.54) is 0 Å². The van der Waals surface area contributed by atoms with Crippen molar-refractivity contribution in [1.82, 2.24) is 25.1 Å². The van der Waals surface area contributed by atoms with Crippen molar-refractivity contribution in [3.05, 3.63) is 74.6 Å². The number of hydrogen-bond donors (Lipinski definition) is 2. The third-order valence-electron chi connectivity index (χ3n) is 3.82. The molecular formula is C18H19BrN6O. The van der Waals surface area contributed by atoms with Crippen molar-refractivity contribution in [2.45, 2.75) is 25.7 Å². The Morgan fingerprint density at radius 2 is 2.00 bits per heavy atom. The lowest BCUT2D eigenvalue weighted by Crippen LogP contribution is -2.20. The molecule has 2 N–H and O–H groups in total. The molecule has 3 aromatic rings. The van der Waals surface area contributed by atoms with Crippen LogP contribution in [0.3, 0.4) is 0 Å². The zero-order valence-corrected chi connectivity index (χ0v) is 15.7. The summed E-state index contributed by atoms with van der Waals surface area (Å²) < 4.78 is 1.03. The van der Waals surface area contributed by atoms with Gasteiger partial charge in [-0.15, -0.1) is 0 Å². The van der Waals surface area contributed by atoms with Crippen molar-refractivity contribution >= 4 is 21.9 Å². The number of H-pyrrole nitrogens is 1. The van der Waals surface area contributed by atoms with Crippen LogP contribution in [0.2, 0.25) is 0 Å². The summed E-state index contributed by atoms with van der Waals surface area (Å²) in [6.07, 6.45) is 8.44. The highest BCUT2D eigenvalue weighted by molar-refractivity contribution is 9.10. The number of nitrogens with zero attached hydrogens (tertiary/aromatic N) is 4. The van der Waals surface area contributed by atoms with Crippen molar-refractivity contribution in [2.24, 2.45) is 0 Å². The smallest absolute Gasteiger partial charge is 0.296 e. The van der Waals surface area contributed by atoms with Gasteiger partial charge in [-0.05, 0) is 59.0 Å².